The van der Waals surface area contributed by atoms with Crippen molar-refractivity contribution in [1.82, 2.24) is 4.72 Å². The molecular weight excluding hydrogens is 304 g/mol. The van der Waals surface area contributed by atoms with Gasteiger partial charge < -0.3 is 5.73 Å². The molecule has 0 aliphatic rings. The summed E-state index contributed by atoms with van der Waals surface area (Å²) in [6.07, 6.45) is 0. The van der Waals surface area contributed by atoms with E-state index >= 15 is 0 Å². The molecule has 1 aromatic carbocycles. The van der Waals surface area contributed by atoms with Crippen molar-refractivity contribution in [3.05, 3.63) is 44.6 Å². The highest BCUT2D eigenvalue weighted by Gasteiger charge is 2.22. The molecule has 2 rings (SSSR count). The molecule has 0 amide bonds. The summed E-state index contributed by atoms with van der Waals surface area (Å²) in [6.45, 7) is 7.71. The van der Waals surface area contributed by atoms with Crippen LogP contribution in [0.5, 0.6) is 0 Å². The number of nitrogens with one attached hydrogen (secondary N) is 1. The number of thiophene rings is 1. The third kappa shape index (κ3) is 3.12. The predicted octanol–water partition coefficient (Wildman–Crippen LogP) is 3.04. The van der Waals surface area contributed by atoms with E-state index in [0.717, 1.165) is 21.6 Å². The summed E-state index contributed by atoms with van der Waals surface area (Å²) in [5, 5.41) is 1.96. The Kier molecular flexibility index (Phi) is 4.41. The van der Waals surface area contributed by atoms with Crippen LogP contribution in [-0.4, -0.2) is 8.42 Å². The fourth-order valence-corrected chi connectivity index (χ4v) is 4.83. The number of sulfonamides is 1. The van der Waals surface area contributed by atoms with E-state index in [1.54, 1.807) is 25.2 Å². The first kappa shape index (κ1) is 16.0. The molecule has 21 heavy (non-hydrogen) atoms. The molecule has 0 fully saturated rings. The van der Waals surface area contributed by atoms with Gasteiger partial charge in [0.15, 0.2) is 0 Å². The molecule has 6 heteroatoms. The highest BCUT2D eigenvalue weighted by atomic mass is 32.2. The van der Waals surface area contributed by atoms with Gasteiger partial charge in [0.1, 0.15) is 0 Å². The summed E-state index contributed by atoms with van der Waals surface area (Å²) in [7, 11) is -3.58. The highest BCUT2D eigenvalue weighted by Crippen LogP contribution is 2.28. The normalized spacial score (nSPS) is 11.8. The van der Waals surface area contributed by atoms with Crippen molar-refractivity contribution in [2.24, 2.45) is 0 Å². The van der Waals surface area contributed by atoms with Crippen LogP contribution in [0, 0.1) is 27.7 Å². The summed E-state index contributed by atoms with van der Waals surface area (Å²) in [4.78, 5) is 1.31. The van der Waals surface area contributed by atoms with Gasteiger partial charge in [0.05, 0.1) is 4.90 Å². The molecule has 1 heterocycles. The minimum Gasteiger partial charge on any atom is -0.398 e. The zero-order valence-corrected chi connectivity index (χ0v) is 14.3. The second-order valence-corrected chi connectivity index (χ2v) is 7.93. The topological polar surface area (TPSA) is 72.2 Å². The van der Waals surface area contributed by atoms with Crippen LogP contribution in [0.2, 0.25) is 0 Å². The molecule has 0 unspecified atom stereocenters. The van der Waals surface area contributed by atoms with E-state index < -0.39 is 10.0 Å². The van der Waals surface area contributed by atoms with Crippen LogP contribution in [0.25, 0.3) is 0 Å². The first-order valence-corrected chi connectivity index (χ1v) is 8.99. The summed E-state index contributed by atoms with van der Waals surface area (Å²) in [5.41, 5.74) is 9.84. The van der Waals surface area contributed by atoms with Crippen molar-refractivity contribution >= 4 is 27.0 Å². The standard InChI is InChI=1S/C15H20N2O2S2/c1-9-5-6-20-13(9)8-17-21(18,19)15-11(3)7-10(2)14(16)12(15)4/h5-7,17H,8,16H2,1-4H3. The molecule has 0 atom stereocenters. The molecular formula is C15H20N2O2S2. The van der Waals surface area contributed by atoms with Crippen molar-refractivity contribution in [1.29, 1.82) is 0 Å². The van der Waals surface area contributed by atoms with Crippen LogP contribution in [0.4, 0.5) is 5.69 Å². The van der Waals surface area contributed by atoms with Crippen molar-refractivity contribution in [2.45, 2.75) is 39.1 Å². The lowest BCUT2D eigenvalue weighted by atomic mass is 10.1. The Morgan fingerprint density at radius 3 is 2.38 bits per heavy atom. The van der Waals surface area contributed by atoms with Gasteiger partial charge in [-0.2, -0.15) is 0 Å². The SMILES string of the molecule is Cc1ccsc1CNS(=O)(=O)c1c(C)cc(C)c(N)c1C. The average Bonchev–Trinajstić information content (AvgIpc) is 2.79. The molecule has 4 nitrogen and oxygen atoms in total. The van der Waals surface area contributed by atoms with Crippen LogP contribution in [0.15, 0.2) is 22.4 Å². The Balaban J connectivity index is 2.37. The number of rotatable bonds is 4. The summed E-state index contributed by atoms with van der Waals surface area (Å²) >= 11 is 1.55. The van der Waals surface area contributed by atoms with Crippen LogP contribution >= 0.6 is 11.3 Å². The molecule has 0 radical (unpaired) electrons. The maximum Gasteiger partial charge on any atom is 0.241 e. The van der Waals surface area contributed by atoms with Gasteiger partial charge in [-0.25, -0.2) is 13.1 Å². The lowest BCUT2D eigenvalue weighted by Gasteiger charge is -2.15. The Morgan fingerprint density at radius 1 is 1.14 bits per heavy atom. The molecule has 0 aliphatic carbocycles. The molecule has 1 aromatic heterocycles. The monoisotopic (exact) mass is 324 g/mol. The second-order valence-electron chi connectivity index (χ2n) is 5.23. The number of nitrogen functional groups attached to an aromatic ring is 1. The number of hydrogen-bond acceptors (Lipinski definition) is 4. The van der Waals surface area contributed by atoms with Crippen LogP contribution in [0.1, 0.15) is 27.1 Å². The van der Waals surface area contributed by atoms with Gasteiger partial charge in [-0.05, 0) is 61.4 Å². The van der Waals surface area contributed by atoms with Gasteiger partial charge in [0, 0.05) is 17.1 Å². The van der Waals surface area contributed by atoms with Gasteiger partial charge in [-0.15, -0.1) is 11.3 Å². The quantitative estimate of drug-likeness (QED) is 0.849. The number of hydrogen-bond donors (Lipinski definition) is 2. The molecule has 3 N–H and O–H groups in total. The van der Waals surface area contributed by atoms with Gasteiger partial charge >= 0.3 is 0 Å². The third-order valence-corrected chi connectivity index (χ3v) is 6.33. The smallest absolute Gasteiger partial charge is 0.241 e. The first-order valence-electron chi connectivity index (χ1n) is 6.63. The minimum absolute atomic E-state index is 0.291. The number of anilines is 1. The van der Waals surface area contributed by atoms with Gasteiger partial charge in [-0.3, -0.25) is 0 Å². The van der Waals surface area contributed by atoms with E-state index in [-0.39, 0.29) is 0 Å². The Morgan fingerprint density at radius 2 is 1.81 bits per heavy atom. The van der Waals surface area contributed by atoms with E-state index in [0.29, 0.717) is 22.7 Å². The fraction of sp³-hybridized carbons (Fsp3) is 0.333. The van der Waals surface area contributed by atoms with E-state index in [2.05, 4.69) is 4.72 Å². The third-order valence-electron chi connectivity index (χ3n) is 3.62. The molecule has 0 saturated heterocycles. The van der Waals surface area contributed by atoms with E-state index in [9.17, 15) is 8.42 Å². The molecule has 114 valence electrons. The molecule has 0 spiro atoms. The molecule has 2 aromatic rings. The zero-order valence-electron chi connectivity index (χ0n) is 12.6. The molecule has 0 saturated carbocycles. The fourth-order valence-electron chi connectivity index (χ4n) is 2.41. The second kappa shape index (κ2) is 5.79. The zero-order chi connectivity index (χ0) is 15.8. The van der Waals surface area contributed by atoms with E-state index in [1.165, 1.54) is 0 Å². The summed E-state index contributed by atoms with van der Waals surface area (Å²) in [6, 6.07) is 3.79. The van der Waals surface area contributed by atoms with Crippen molar-refractivity contribution in [3.63, 3.8) is 0 Å². The van der Waals surface area contributed by atoms with Crippen molar-refractivity contribution < 1.29 is 8.42 Å². The first-order chi connectivity index (χ1) is 9.74. The Hall–Kier alpha value is -1.37. The van der Waals surface area contributed by atoms with Crippen LogP contribution in [-0.2, 0) is 16.6 Å². The van der Waals surface area contributed by atoms with Gasteiger partial charge in [0.2, 0.25) is 10.0 Å². The lowest BCUT2D eigenvalue weighted by molar-refractivity contribution is 0.580. The largest absolute Gasteiger partial charge is 0.398 e. The van der Waals surface area contributed by atoms with Crippen molar-refractivity contribution in [3.8, 4) is 0 Å². The number of aryl methyl sites for hydroxylation is 3. The van der Waals surface area contributed by atoms with Crippen molar-refractivity contribution in [2.75, 3.05) is 5.73 Å². The summed E-state index contributed by atoms with van der Waals surface area (Å²) in [5.74, 6) is 0. The number of nitrogens with two attached hydrogens (primary N) is 1. The molecule has 0 aliphatic heterocycles. The predicted molar refractivity (Wildman–Crippen MR) is 88.1 cm³/mol. The average molecular weight is 324 g/mol. The van der Waals surface area contributed by atoms with Crippen LogP contribution < -0.4 is 10.5 Å². The van der Waals surface area contributed by atoms with E-state index in [4.69, 9.17) is 5.73 Å². The van der Waals surface area contributed by atoms with Gasteiger partial charge in [0.25, 0.3) is 0 Å². The Bertz CT molecular complexity index is 777. The lowest BCUT2D eigenvalue weighted by Crippen LogP contribution is -2.25. The number of benzene rings is 1. The van der Waals surface area contributed by atoms with Crippen LogP contribution in [0.3, 0.4) is 0 Å². The highest BCUT2D eigenvalue weighted by molar-refractivity contribution is 7.89. The van der Waals surface area contributed by atoms with Gasteiger partial charge in [-0.1, -0.05) is 6.07 Å². The maximum atomic E-state index is 12.6. The molecule has 0 bridgehead atoms. The van der Waals surface area contributed by atoms with E-state index in [1.807, 2.05) is 31.4 Å². The summed E-state index contributed by atoms with van der Waals surface area (Å²) < 4.78 is 27.8. The Labute approximate surface area is 130 Å². The maximum absolute atomic E-state index is 12.6. The minimum atomic E-state index is -3.58.